The molecule has 66 heavy (non-hydrogen) atoms. The van der Waals surface area contributed by atoms with Crippen LogP contribution < -0.4 is 0 Å². The van der Waals surface area contributed by atoms with Crippen molar-refractivity contribution in [1.29, 1.82) is 0 Å². The van der Waals surface area contributed by atoms with E-state index in [2.05, 4.69) is 54.5 Å². The van der Waals surface area contributed by atoms with E-state index in [1.54, 1.807) is 0 Å². The highest BCUT2D eigenvalue weighted by atomic mass is 16.8. The van der Waals surface area contributed by atoms with E-state index in [0.717, 1.165) is 44.9 Å². The fourth-order valence-electron chi connectivity index (χ4n) is 15.2. The monoisotopic (exact) mass is 943 g/mol. The Balaban J connectivity index is 1.06. The summed E-state index contributed by atoms with van der Waals surface area (Å²) in [6, 6.07) is 0. The second-order valence-corrected chi connectivity index (χ2v) is 23.5. The third kappa shape index (κ3) is 7.87. The molecule has 378 valence electrons. The van der Waals surface area contributed by atoms with Crippen LogP contribution in [0.4, 0.5) is 0 Å². The summed E-state index contributed by atoms with van der Waals surface area (Å²) in [4.78, 5) is 13.2. The Morgan fingerprint density at radius 2 is 1.14 bits per heavy atom. The minimum Gasteiger partial charge on any atom is -0.481 e. The van der Waals surface area contributed by atoms with Crippen LogP contribution in [0.25, 0.3) is 0 Å². The van der Waals surface area contributed by atoms with Crippen LogP contribution in [-0.4, -0.2) is 180 Å². The van der Waals surface area contributed by atoms with Gasteiger partial charge >= 0.3 is 5.97 Å². The fraction of sp³-hybridized carbons (Fsp3) is 0.938. The van der Waals surface area contributed by atoms with Crippen LogP contribution in [0.15, 0.2) is 11.6 Å². The van der Waals surface area contributed by atoms with E-state index >= 15 is 0 Å². The Bertz CT molecular complexity index is 1790. The summed E-state index contributed by atoms with van der Waals surface area (Å²) in [7, 11) is 0. The molecule has 0 aromatic rings. The van der Waals surface area contributed by atoms with Crippen LogP contribution in [-0.2, 0) is 33.2 Å². The maximum absolute atomic E-state index is 13.2. The van der Waals surface area contributed by atoms with Gasteiger partial charge in [0.1, 0.15) is 73.2 Å². The van der Waals surface area contributed by atoms with E-state index in [1.165, 1.54) is 5.57 Å². The lowest BCUT2D eigenvalue weighted by atomic mass is 9.33. The van der Waals surface area contributed by atoms with Crippen molar-refractivity contribution in [3.63, 3.8) is 0 Å². The fourth-order valence-corrected chi connectivity index (χ4v) is 15.2. The van der Waals surface area contributed by atoms with Gasteiger partial charge in [0, 0.05) is 0 Å². The number of aliphatic hydroxyl groups excluding tert-OH is 10. The molecule has 0 aromatic heterocycles. The summed E-state index contributed by atoms with van der Waals surface area (Å²) in [5, 5.41) is 118. The number of allylic oxidation sites excluding steroid dienone is 2. The zero-order valence-electron chi connectivity index (χ0n) is 39.5. The summed E-state index contributed by atoms with van der Waals surface area (Å²) in [5.41, 5.74) is -0.183. The van der Waals surface area contributed by atoms with Gasteiger partial charge in [0.15, 0.2) is 18.9 Å². The van der Waals surface area contributed by atoms with E-state index < -0.39 is 135 Å². The number of rotatable bonds is 10. The number of aliphatic hydroxyl groups is 10. The molecule has 0 radical (unpaired) electrons. The molecule has 18 heteroatoms. The van der Waals surface area contributed by atoms with Gasteiger partial charge in [0.05, 0.1) is 31.3 Å². The van der Waals surface area contributed by atoms with Gasteiger partial charge in [0.2, 0.25) is 0 Å². The number of carboxylic acid groups (broad SMARTS) is 1. The molecule has 0 aromatic carbocycles. The average Bonchev–Trinajstić information content (AvgIpc) is 3.26. The summed E-state index contributed by atoms with van der Waals surface area (Å²) < 4.78 is 36.6. The molecular weight excluding hydrogens is 865 g/mol. The number of aliphatic carboxylic acids is 1. The molecule has 0 unspecified atom stereocenters. The quantitative estimate of drug-likeness (QED) is 0.106. The highest BCUT2D eigenvalue weighted by Crippen LogP contribution is 2.76. The van der Waals surface area contributed by atoms with Crippen molar-refractivity contribution >= 4 is 5.97 Å². The van der Waals surface area contributed by atoms with Crippen LogP contribution in [0.2, 0.25) is 0 Å². The van der Waals surface area contributed by atoms with Gasteiger partial charge in [-0.3, -0.25) is 4.79 Å². The summed E-state index contributed by atoms with van der Waals surface area (Å²) in [6.07, 6.45) is -15.1. The van der Waals surface area contributed by atoms with Crippen LogP contribution in [0.5, 0.6) is 0 Å². The van der Waals surface area contributed by atoms with Crippen LogP contribution in [0.3, 0.4) is 0 Å². The molecular formula is C48H78O18. The maximum atomic E-state index is 13.2. The summed E-state index contributed by atoms with van der Waals surface area (Å²) >= 11 is 0. The Hall–Kier alpha value is -1.43. The lowest BCUT2D eigenvalue weighted by Crippen LogP contribution is -2.68. The van der Waals surface area contributed by atoms with Gasteiger partial charge in [-0.1, -0.05) is 60.1 Å². The molecule has 0 amide bonds. The third-order valence-electron chi connectivity index (χ3n) is 19.4. The molecule has 8 aliphatic rings. The first-order valence-electron chi connectivity index (χ1n) is 24.3. The maximum Gasteiger partial charge on any atom is 0.310 e. The van der Waals surface area contributed by atoms with E-state index in [1.807, 2.05) is 0 Å². The first kappa shape index (κ1) is 50.9. The molecule has 18 nitrogen and oxygen atoms in total. The van der Waals surface area contributed by atoms with Crippen LogP contribution >= 0.6 is 0 Å². The molecule has 7 fully saturated rings. The summed E-state index contributed by atoms with van der Waals surface area (Å²) in [5.74, 6) is -0.191. The van der Waals surface area contributed by atoms with Crippen molar-refractivity contribution in [3.8, 4) is 0 Å². The topological polar surface area (TPSA) is 295 Å². The lowest BCUT2D eigenvalue weighted by Gasteiger charge is -2.71. The second-order valence-electron chi connectivity index (χ2n) is 23.5. The number of carbonyl (C=O) groups is 1. The molecule has 0 spiro atoms. The molecule has 8 rings (SSSR count). The van der Waals surface area contributed by atoms with Crippen LogP contribution in [0.1, 0.15) is 113 Å². The van der Waals surface area contributed by atoms with Gasteiger partial charge in [-0.2, -0.15) is 0 Å². The molecule has 3 heterocycles. The van der Waals surface area contributed by atoms with E-state index in [-0.39, 0.29) is 33.5 Å². The Labute approximate surface area is 387 Å². The first-order chi connectivity index (χ1) is 30.9. The number of hydrogen-bond acceptors (Lipinski definition) is 17. The number of hydrogen-bond donors (Lipinski definition) is 11. The van der Waals surface area contributed by atoms with Crippen molar-refractivity contribution in [2.75, 3.05) is 19.8 Å². The lowest BCUT2D eigenvalue weighted by molar-refractivity contribution is -0.393. The van der Waals surface area contributed by atoms with E-state index in [0.29, 0.717) is 25.2 Å². The van der Waals surface area contributed by atoms with Gasteiger partial charge in [-0.05, 0) is 109 Å². The average molecular weight is 943 g/mol. The van der Waals surface area contributed by atoms with Crippen LogP contribution in [0, 0.1) is 50.2 Å². The number of carboxylic acids is 1. The predicted molar refractivity (Wildman–Crippen MR) is 231 cm³/mol. The molecule has 23 atom stereocenters. The van der Waals surface area contributed by atoms with Gasteiger partial charge in [-0.25, -0.2) is 0 Å². The standard InChI is InChI=1S/C48H78O18/c1-43(2)14-16-48(42(59)60)17-15-46(6)22(23(48)18-43)8-9-28-45(5)12-11-29(44(3,4)27(45)10-13-47(28,46)7)64-41-36(58)38(66-40-35(57)33(55)31(53)25(20-50)62-40)37(26(21-51)63-41)65-39-34(56)32(54)30(52)24(19-49)61-39/h8,23-41,49-58H,9-21H2,1-7H3,(H,59,60)/t23-,24-,25-,26-,27+,28-,29+,30-,31+,32+,33+,34-,35-,36-,37-,38-,39+,40+,41+,45+,46-,47-,48+/m1/s1. The predicted octanol–water partition coefficient (Wildman–Crippen LogP) is 0.706. The van der Waals surface area contributed by atoms with Crippen molar-refractivity contribution in [2.24, 2.45) is 50.2 Å². The Kier molecular flexibility index (Phi) is 13.9. The molecule has 3 aliphatic heterocycles. The number of ether oxygens (including phenoxy) is 6. The van der Waals surface area contributed by atoms with E-state index in [4.69, 9.17) is 28.4 Å². The van der Waals surface area contributed by atoms with Crippen molar-refractivity contribution < 1.29 is 89.4 Å². The zero-order chi connectivity index (χ0) is 48.3. The molecule has 0 bridgehead atoms. The molecule has 11 N–H and O–H groups in total. The number of fused-ring (bicyclic) bond motifs is 7. The Morgan fingerprint density at radius 1 is 0.606 bits per heavy atom. The molecule has 5 aliphatic carbocycles. The largest absolute Gasteiger partial charge is 0.481 e. The highest BCUT2D eigenvalue weighted by Gasteiger charge is 2.70. The van der Waals surface area contributed by atoms with Crippen molar-refractivity contribution in [3.05, 3.63) is 11.6 Å². The van der Waals surface area contributed by atoms with Gasteiger partial charge in [-0.15, -0.1) is 0 Å². The Morgan fingerprint density at radius 3 is 1.70 bits per heavy atom. The first-order valence-corrected chi connectivity index (χ1v) is 24.3. The van der Waals surface area contributed by atoms with Crippen molar-refractivity contribution in [2.45, 2.75) is 211 Å². The smallest absolute Gasteiger partial charge is 0.310 e. The highest BCUT2D eigenvalue weighted by molar-refractivity contribution is 5.76. The molecule has 4 saturated carbocycles. The SMILES string of the molecule is CC1(C)CC[C@]2(C(=O)O)CC[C@]3(C)C(=CC[C@@H]4[C@@]5(C)CC[C@H](O[C@@H]6O[C@H](CO)[C@@H](O[C@@H]7O[C@H](CO)[C@@H](O)[C@H](O)[C@H]7O)[C@H](O[C@@H]7O[C@H](CO)[C@H](O)[C@H](O)[C@H]7O)[C@H]6O)C(C)(C)[C@@H]5CC[C@]43C)[C@H]2C1. The van der Waals surface area contributed by atoms with Gasteiger partial charge < -0.3 is 84.6 Å². The van der Waals surface area contributed by atoms with Crippen molar-refractivity contribution in [1.82, 2.24) is 0 Å². The third-order valence-corrected chi connectivity index (χ3v) is 19.4. The normalized spacial score (nSPS) is 53.3. The minimum absolute atomic E-state index is 0.00164. The second kappa shape index (κ2) is 18.0. The van der Waals surface area contributed by atoms with E-state index in [9.17, 15) is 61.0 Å². The van der Waals surface area contributed by atoms with Gasteiger partial charge in [0.25, 0.3) is 0 Å². The zero-order valence-corrected chi connectivity index (χ0v) is 39.5. The molecule has 3 saturated heterocycles. The minimum atomic E-state index is -1.90. The summed E-state index contributed by atoms with van der Waals surface area (Å²) in [6.45, 7) is 13.9.